The van der Waals surface area contributed by atoms with E-state index in [0.29, 0.717) is 17.1 Å². The molecule has 0 saturated heterocycles. The third-order valence-electron chi connectivity index (χ3n) is 3.02. The zero-order valence-electron chi connectivity index (χ0n) is 11.3. The summed E-state index contributed by atoms with van der Waals surface area (Å²) in [6.07, 6.45) is 3.00. The molecule has 3 aromatic rings. The Balaban J connectivity index is 2.26. The van der Waals surface area contributed by atoms with E-state index in [9.17, 15) is 4.39 Å². The Labute approximate surface area is 135 Å². The minimum Gasteiger partial charge on any atom is -0.481 e. The third-order valence-corrected chi connectivity index (χ3v) is 3.48. The zero-order chi connectivity index (χ0) is 15.7. The minimum absolute atomic E-state index is 0.000686. The van der Waals surface area contributed by atoms with Gasteiger partial charge in [-0.1, -0.05) is 28.4 Å². The topological polar surface area (TPSA) is 52.8 Å². The van der Waals surface area contributed by atoms with Gasteiger partial charge in [-0.2, -0.15) is 0 Å². The summed E-state index contributed by atoms with van der Waals surface area (Å²) >= 11 is 11.7. The standard InChI is InChI=1S/C14H9Cl2FN4O/c1-22-12-6-8(4-5-18-12)13-10(3-2-9(15)14(13)17)21-7-11(16)19-20-21/h2-7H,1H3. The van der Waals surface area contributed by atoms with Crippen molar-refractivity contribution in [2.24, 2.45) is 0 Å². The summed E-state index contributed by atoms with van der Waals surface area (Å²) in [6, 6.07) is 6.35. The first-order chi connectivity index (χ1) is 10.6. The maximum absolute atomic E-state index is 14.6. The Morgan fingerprint density at radius 2 is 2.05 bits per heavy atom. The van der Waals surface area contributed by atoms with Crippen LogP contribution in [0.5, 0.6) is 5.88 Å². The molecule has 0 N–H and O–H groups in total. The predicted octanol–water partition coefficient (Wildman–Crippen LogP) is 3.78. The van der Waals surface area contributed by atoms with Gasteiger partial charge in [-0.15, -0.1) is 5.10 Å². The van der Waals surface area contributed by atoms with E-state index < -0.39 is 5.82 Å². The maximum Gasteiger partial charge on any atom is 0.213 e. The number of aromatic nitrogens is 4. The molecule has 0 aliphatic heterocycles. The summed E-state index contributed by atoms with van der Waals surface area (Å²) in [5.74, 6) is -0.210. The van der Waals surface area contributed by atoms with Crippen LogP contribution in [0.25, 0.3) is 16.8 Å². The van der Waals surface area contributed by atoms with Crippen LogP contribution >= 0.6 is 23.2 Å². The van der Waals surface area contributed by atoms with Crippen LogP contribution in [0, 0.1) is 5.82 Å². The fraction of sp³-hybridized carbons (Fsp3) is 0.0714. The van der Waals surface area contributed by atoms with Crippen LogP contribution < -0.4 is 4.74 Å². The molecule has 0 aliphatic rings. The number of rotatable bonds is 3. The van der Waals surface area contributed by atoms with Crippen LogP contribution in [0.3, 0.4) is 0 Å². The fourth-order valence-electron chi connectivity index (χ4n) is 2.04. The molecular formula is C14H9Cl2FN4O. The van der Waals surface area contributed by atoms with Gasteiger partial charge in [0, 0.05) is 17.8 Å². The zero-order valence-corrected chi connectivity index (χ0v) is 12.8. The lowest BCUT2D eigenvalue weighted by Gasteiger charge is -2.12. The lowest BCUT2D eigenvalue weighted by Crippen LogP contribution is -2.01. The summed E-state index contributed by atoms with van der Waals surface area (Å²) in [6.45, 7) is 0. The monoisotopic (exact) mass is 338 g/mol. The molecule has 22 heavy (non-hydrogen) atoms. The second-order valence-electron chi connectivity index (χ2n) is 4.33. The van der Waals surface area contributed by atoms with Crippen LogP contribution in [0.1, 0.15) is 0 Å². The number of ether oxygens (including phenoxy) is 1. The number of benzene rings is 1. The van der Waals surface area contributed by atoms with Crippen molar-refractivity contribution in [3.8, 4) is 22.7 Å². The Bertz CT molecular complexity index is 837. The summed E-state index contributed by atoms with van der Waals surface area (Å²) < 4.78 is 21.0. The largest absolute Gasteiger partial charge is 0.481 e. The Hall–Kier alpha value is -2.18. The van der Waals surface area contributed by atoms with Gasteiger partial charge in [0.25, 0.3) is 0 Å². The molecule has 3 rings (SSSR count). The van der Waals surface area contributed by atoms with E-state index in [-0.39, 0.29) is 15.7 Å². The van der Waals surface area contributed by atoms with Gasteiger partial charge in [-0.3, -0.25) is 0 Å². The molecule has 0 saturated carbocycles. The quantitative estimate of drug-likeness (QED) is 0.729. The number of hydrogen-bond donors (Lipinski definition) is 0. The lowest BCUT2D eigenvalue weighted by atomic mass is 10.0. The molecule has 0 spiro atoms. The molecule has 2 aromatic heterocycles. The molecule has 0 fully saturated rings. The molecule has 8 heteroatoms. The number of methoxy groups -OCH3 is 1. The van der Waals surface area contributed by atoms with Crippen LogP contribution in [-0.4, -0.2) is 27.1 Å². The summed E-state index contributed by atoms with van der Waals surface area (Å²) in [5, 5.41) is 7.77. The smallest absolute Gasteiger partial charge is 0.213 e. The molecule has 0 atom stereocenters. The number of nitrogens with zero attached hydrogens (tertiary/aromatic N) is 4. The summed E-state index contributed by atoms with van der Waals surface area (Å²) in [4.78, 5) is 4.01. The Morgan fingerprint density at radius 3 is 2.73 bits per heavy atom. The van der Waals surface area contributed by atoms with Crippen LogP contribution in [0.4, 0.5) is 4.39 Å². The Morgan fingerprint density at radius 1 is 1.23 bits per heavy atom. The molecule has 0 amide bonds. The first-order valence-corrected chi connectivity index (χ1v) is 6.92. The van der Waals surface area contributed by atoms with E-state index in [1.807, 2.05) is 0 Å². The van der Waals surface area contributed by atoms with Crippen molar-refractivity contribution in [1.29, 1.82) is 0 Å². The highest BCUT2D eigenvalue weighted by atomic mass is 35.5. The van der Waals surface area contributed by atoms with Crippen molar-refractivity contribution in [3.63, 3.8) is 0 Å². The van der Waals surface area contributed by atoms with Gasteiger partial charge in [0.05, 0.1) is 24.0 Å². The third kappa shape index (κ3) is 2.63. The highest BCUT2D eigenvalue weighted by Crippen LogP contribution is 2.34. The van der Waals surface area contributed by atoms with Crippen molar-refractivity contribution in [3.05, 3.63) is 52.7 Å². The minimum atomic E-state index is -0.570. The van der Waals surface area contributed by atoms with Gasteiger partial charge in [-0.25, -0.2) is 14.1 Å². The average Bonchev–Trinajstić information content (AvgIpc) is 2.96. The number of pyridine rings is 1. The SMILES string of the molecule is COc1cc(-c2c(-n3cc(Cl)nn3)ccc(Cl)c2F)ccn1. The van der Waals surface area contributed by atoms with Gasteiger partial charge in [0.15, 0.2) is 11.0 Å². The van der Waals surface area contributed by atoms with Gasteiger partial charge in [0.1, 0.15) is 0 Å². The molecule has 112 valence electrons. The van der Waals surface area contributed by atoms with Gasteiger partial charge in [0.2, 0.25) is 5.88 Å². The van der Waals surface area contributed by atoms with Gasteiger partial charge >= 0.3 is 0 Å². The van der Waals surface area contributed by atoms with E-state index in [1.165, 1.54) is 30.3 Å². The van der Waals surface area contributed by atoms with Crippen molar-refractivity contribution in [1.82, 2.24) is 20.0 Å². The van der Waals surface area contributed by atoms with Gasteiger partial charge in [-0.05, 0) is 23.8 Å². The molecule has 0 bridgehead atoms. The van der Waals surface area contributed by atoms with Crippen molar-refractivity contribution < 1.29 is 9.13 Å². The predicted molar refractivity (Wildman–Crippen MR) is 81.1 cm³/mol. The first kappa shape index (κ1) is 14.7. The van der Waals surface area contributed by atoms with E-state index >= 15 is 0 Å². The molecule has 0 unspecified atom stereocenters. The molecule has 0 aliphatic carbocycles. The van der Waals surface area contributed by atoms with E-state index in [0.717, 1.165) is 0 Å². The molecule has 5 nitrogen and oxygen atoms in total. The van der Waals surface area contributed by atoms with Crippen molar-refractivity contribution in [2.75, 3.05) is 7.11 Å². The van der Waals surface area contributed by atoms with Gasteiger partial charge < -0.3 is 4.74 Å². The fourth-order valence-corrected chi connectivity index (χ4v) is 2.33. The van der Waals surface area contributed by atoms with E-state index in [4.69, 9.17) is 27.9 Å². The number of halogens is 3. The van der Waals surface area contributed by atoms with Crippen LogP contribution in [-0.2, 0) is 0 Å². The van der Waals surface area contributed by atoms with E-state index in [1.54, 1.807) is 18.2 Å². The van der Waals surface area contributed by atoms with Crippen molar-refractivity contribution in [2.45, 2.75) is 0 Å². The molecular weight excluding hydrogens is 330 g/mol. The molecule has 0 radical (unpaired) electrons. The van der Waals surface area contributed by atoms with E-state index in [2.05, 4.69) is 15.3 Å². The number of hydrogen-bond acceptors (Lipinski definition) is 4. The second-order valence-corrected chi connectivity index (χ2v) is 5.12. The first-order valence-electron chi connectivity index (χ1n) is 6.17. The Kier molecular flexibility index (Phi) is 3.96. The second kappa shape index (κ2) is 5.90. The average molecular weight is 339 g/mol. The highest BCUT2D eigenvalue weighted by Gasteiger charge is 2.17. The van der Waals surface area contributed by atoms with Crippen LogP contribution in [0.2, 0.25) is 10.2 Å². The normalized spacial score (nSPS) is 10.7. The molecule has 2 heterocycles. The molecule has 1 aromatic carbocycles. The maximum atomic E-state index is 14.6. The highest BCUT2D eigenvalue weighted by molar-refractivity contribution is 6.31. The summed E-state index contributed by atoms with van der Waals surface area (Å²) in [5.41, 5.74) is 1.26. The van der Waals surface area contributed by atoms with Crippen molar-refractivity contribution >= 4 is 23.2 Å². The van der Waals surface area contributed by atoms with Crippen LogP contribution in [0.15, 0.2) is 36.7 Å². The summed E-state index contributed by atoms with van der Waals surface area (Å²) in [7, 11) is 1.48. The lowest BCUT2D eigenvalue weighted by molar-refractivity contribution is 0.398.